The van der Waals surface area contributed by atoms with Gasteiger partial charge in [-0.05, 0) is 43.6 Å². The Bertz CT molecular complexity index is 464. The zero-order valence-electron chi connectivity index (χ0n) is 13.1. The second kappa shape index (κ2) is 7.69. The molecule has 0 spiro atoms. The SMILES string of the molecule is C=C(S/C=C(\C)C1=NCCCN1C)C(=O)N1CCCCC1. The van der Waals surface area contributed by atoms with E-state index in [1.54, 1.807) is 0 Å². The molecule has 1 amide bonds. The van der Waals surface area contributed by atoms with E-state index in [9.17, 15) is 4.79 Å². The highest BCUT2D eigenvalue weighted by Crippen LogP contribution is 2.22. The van der Waals surface area contributed by atoms with E-state index in [-0.39, 0.29) is 5.91 Å². The minimum Gasteiger partial charge on any atom is -0.360 e. The normalized spacial score (nSPS) is 20.3. The van der Waals surface area contributed by atoms with Gasteiger partial charge in [0.1, 0.15) is 5.84 Å². The molecule has 1 fully saturated rings. The van der Waals surface area contributed by atoms with Gasteiger partial charge in [0.25, 0.3) is 5.91 Å². The van der Waals surface area contributed by atoms with E-state index in [1.165, 1.54) is 18.2 Å². The summed E-state index contributed by atoms with van der Waals surface area (Å²) in [7, 11) is 2.06. The van der Waals surface area contributed by atoms with E-state index in [0.717, 1.165) is 56.9 Å². The molecule has 0 radical (unpaired) electrons. The lowest BCUT2D eigenvalue weighted by molar-refractivity contribution is -0.127. The Kier molecular flexibility index (Phi) is 5.91. The molecule has 2 heterocycles. The molecule has 0 atom stereocenters. The molecule has 116 valence electrons. The highest BCUT2D eigenvalue weighted by Gasteiger charge is 2.19. The van der Waals surface area contributed by atoms with Gasteiger partial charge in [0, 0.05) is 33.2 Å². The van der Waals surface area contributed by atoms with Gasteiger partial charge in [-0.15, -0.1) is 0 Å². The second-order valence-corrected chi connectivity index (χ2v) is 6.64. The number of carbonyl (C=O) groups excluding carboxylic acids is 1. The van der Waals surface area contributed by atoms with Crippen LogP contribution in [0, 0.1) is 0 Å². The van der Waals surface area contributed by atoms with Gasteiger partial charge in [-0.3, -0.25) is 9.79 Å². The molecule has 0 bridgehead atoms. The smallest absolute Gasteiger partial charge is 0.259 e. The second-order valence-electron chi connectivity index (χ2n) is 5.68. The molecule has 0 N–H and O–H groups in total. The van der Waals surface area contributed by atoms with Crippen LogP contribution in [0.4, 0.5) is 0 Å². The van der Waals surface area contributed by atoms with Gasteiger partial charge in [0.2, 0.25) is 0 Å². The predicted octanol–water partition coefficient (Wildman–Crippen LogP) is 2.88. The number of hydrogen-bond acceptors (Lipinski definition) is 4. The minimum atomic E-state index is 0.0858. The first kappa shape index (κ1) is 16.1. The first-order chi connectivity index (χ1) is 10.1. The van der Waals surface area contributed by atoms with Gasteiger partial charge in [-0.1, -0.05) is 18.3 Å². The fraction of sp³-hybridized carbons (Fsp3) is 0.625. The van der Waals surface area contributed by atoms with Crippen molar-refractivity contribution in [2.45, 2.75) is 32.6 Å². The van der Waals surface area contributed by atoms with Gasteiger partial charge >= 0.3 is 0 Å². The molecule has 21 heavy (non-hydrogen) atoms. The van der Waals surface area contributed by atoms with Gasteiger partial charge in [0.05, 0.1) is 4.91 Å². The van der Waals surface area contributed by atoms with Crippen LogP contribution in [0.25, 0.3) is 0 Å². The summed E-state index contributed by atoms with van der Waals surface area (Å²) < 4.78 is 0. The number of amidine groups is 1. The third-order valence-electron chi connectivity index (χ3n) is 3.89. The summed E-state index contributed by atoms with van der Waals surface area (Å²) in [6.45, 7) is 9.67. The topological polar surface area (TPSA) is 35.9 Å². The molecule has 2 rings (SSSR count). The van der Waals surface area contributed by atoms with Crippen LogP contribution in [0.5, 0.6) is 0 Å². The van der Waals surface area contributed by atoms with Gasteiger partial charge in [-0.25, -0.2) is 0 Å². The molecule has 0 unspecified atom stereocenters. The maximum atomic E-state index is 12.3. The lowest BCUT2D eigenvalue weighted by Gasteiger charge is -2.27. The molecule has 0 aliphatic carbocycles. The Balaban J connectivity index is 1.91. The summed E-state index contributed by atoms with van der Waals surface area (Å²) in [6, 6.07) is 0. The molecule has 1 saturated heterocycles. The summed E-state index contributed by atoms with van der Waals surface area (Å²) in [5.41, 5.74) is 1.11. The van der Waals surface area contributed by atoms with Crippen LogP contribution in [-0.4, -0.2) is 54.8 Å². The summed E-state index contributed by atoms with van der Waals surface area (Å²) in [5.74, 6) is 1.12. The molecule has 2 aliphatic heterocycles. The van der Waals surface area contributed by atoms with E-state index in [2.05, 4.69) is 23.5 Å². The van der Waals surface area contributed by atoms with Crippen molar-refractivity contribution in [2.75, 3.05) is 33.2 Å². The number of rotatable bonds is 4. The van der Waals surface area contributed by atoms with E-state index >= 15 is 0 Å². The number of nitrogens with zero attached hydrogens (tertiary/aromatic N) is 3. The number of amides is 1. The van der Waals surface area contributed by atoms with E-state index in [4.69, 9.17) is 0 Å². The van der Waals surface area contributed by atoms with Crippen molar-refractivity contribution in [1.82, 2.24) is 9.80 Å². The van der Waals surface area contributed by atoms with Crippen LogP contribution in [0.1, 0.15) is 32.6 Å². The Morgan fingerprint density at radius 2 is 1.95 bits per heavy atom. The Morgan fingerprint density at radius 1 is 1.24 bits per heavy atom. The van der Waals surface area contributed by atoms with E-state index in [1.807, 2.05) is 17.2 Å². The number of aliphatic imine (C=N–C) groups is 1. The van der Waals surface area contributed by atoms with Gasteiger partial charge in [0.15, 0.2) is 0 Å². The number of carbonyl (C=O) groups is 1. The third kappa shape index (κ3) is 4.37. The molecule has 2 aliphatic rings. The van der Waals surface area contributed by atoms with Crippen LogP contribution >= 0.6 is 11.8 Å². The zero-order valence-corrected chi connectivity index (χ0v) is 13.9. The van der Waals surface area contributed by atoms with E-state index in [0.29, 0.717) is 4.91 Å². The fourth-order valence-electron chi connectivity index (χ4n) is 2.68. The maximum absolute atomic E-state index is 12.3. The fourth-order valence-corrected chi connectivity index (χ4v) is 3.34. The first-order valence-corrected chi connectivity index (χ1v) is 8.55. The summed E-state index contributed by atoms with van der Waals surface area (Å²) in [5, 5.41) is 2.00. The lowest BCUT2D eigenvalue weighted by Crippen LogP contribution is -2.35. The Hall–Kier alpha value is -1.23. The van der Waals surface area contributed by atoms with E-state index < -0.39 is 0 Å². The van der Waals surface area contributed by atoms with Crippen molar-refractivity contribution in [1.29, 1.82) is 0 Å². The molecular formula is C16H25N3OS. The third-order valence-corrected chi connectivity index (χ3v) is 4.82. The minimum absolute atomic E-state index is 0.0858. The van der Waals surface area contributed by atoms with Crippen LogP contribution < -0.4 is 0 Å². The van der Waals surface area contributed by atoms with Gasteiger partial charge in [-0.2, -0.15) is 0 Å². The van der Waals surface area contributed by atoms with Crippen molar-refractivity contribution >= 4 is 23.5 Å². The maximum Gasteiger partial charge on any atom is 0.259 e. The van der Waals surface area contributed by atoms with Crippen LogP contribution in [0.2, 0.25) is 0 Å². The van der Waals surface area contributed by atoms with Crippen LogP contribution in [0.3, 0.4) is 0 Å². The predicted molar refractivity (Wildman–Crippen MR) is 90.5 cm³/mol. The molecule has 0 aromatic rings. The Labute approximate surface area is 132 Å². The standard InChI is InChI=1S/C16H25N3OS/c1-13(15-17-8-7-9-18(15)3)12-21-14(2)16(20)19-10-5-4-6-11-19/h12H,2,4-11H2,1,3H3/b13-12+. The Morgan fingerprint density at radius 3 is 2.62 bits per heavy atom. The van der Waals surface area contributed by atoms with Crippen molar-refractivity contribution in [3.63, 3.8) is 0 Å². The number of thioether (sulfide) groups is 1. The lowest BCUT2D eigenvalue weighted by atomic mass is 10.1. The number of piperidine rings is 1. The van der Waals surface area contributed by atoms with Crippen molar-refractivity contribution in [3.05, 3.63) is 22.5 Å². The molecule has 0 aromatic heterocycles. The zero-order chi connectivity index (χ0) is 15.2. The van der Waals surface area contributed by atoms with Crippen molar-refractivity contribution in [2.24, 2.45) is 4.99 Å². The molecule has 5 heteroatoms. The average molecular weight is 307 g/mol. The first-order valence-electron chi connectivity index (χ1n) is 7.67. The number of hydrogen-bond donors (Lipinski definition) is 0. The largest absolute Gasteiger partial charge is 0.360 e. The average Bonchev–Trinajstić information content (AvgIpc) is 2.52. The molecule has 4 nitrogen and oxygen atoms in total. The monoisotopic (exact) mass is 307 g/mol. The van der Waals surface area contributed by atoms with Gasteiger partial charge < -0.3 is 9.80 Å². The molecule has 0 saturated carbocycles. The van der Waals surface area contributed by atoms with Crippen molar-refractivity contribution in [3.8, 4) is 0 Å². The summed E-state index contributed by atoms with van der Waals surface area (Å²) in [6.07, 6.45) is 4.56. The summed E-state index contributed by atoms with van der Waals surface area (Å²) >= 11 is 1.43. The van der Waals surface area contributed by atoms with Crippen LogP contribution in [-0.2, 0) is 4.79 Å². The number of likely N-dealkylation sites (tertiary alicyclic amines) is 1. The summed E-state index contributed by atoms with van der Waals surface area (Å²) in [4.78, 5) is 21.5. The highest BCUT2D eigenvalue weighted by molar-refractivity contribution is 8.06. The van der Waals surface area contributed by atoms with Crippen LogP contribution in [0.15, 0.2) is 27.5 Å². The molecule has 0 aromatic carbocycles. The highest BCUT2D eigenvalue weighted by atomic mass is 32.2. The quantitative estimate of drug-likeness (QED) is 0.749. The number of likely N-dealkylation sites (N-methyl/N-ethyl adjacent to an activating group) is 1. The van der Waals surface area contributed by atoms with Crippen molar-refractivity contribution < 1.29 is 4.79 Å². The molecular weight excluding hydrogens is 282 g/mol.